The summed E-state index contributed by atoms with van der Waals surface area (Å²) in [6.07, 6.45) is -9.88. The summed E-state index contributed by atoms with van der Waals surface area (Å²) in [4.78, 5) is 11.4. The van der Waals surface area contributed by atoms with Crippen LogP contribution in [0, 0.1) is 0 Å². The molecule has 2 aromatic carbocycles. The average molecular weight is 391 g/mol. The van der Waals surface area contributed by atoms with Gasteiger partial charge in [0, 0.05) is 6.54 Å². The van der Waals surface area contributed by atoms with Gasteiger partial charge in [0.1, 0.15) is 6.04 Å². The first-order chi connectivity index (χ1) is 12.5. The van der Waals surface area contributed by atoms with E-state index in [-0.39, 0.29) is 18.1 Å². The number of carboxylic acid groups (broad SMARTS) is 1. The summed E-state index contributed by atoms with van der Waals surface area (Å²) in [6.45, 7) is -0.462. The van der Waals surface area contributed by atoms with Crippen molar-refractivity contribution in [3.8, 4) is 0 Å². The first-order valence-corrected chi connectivity index (χ1v) is 7.75. The van der Waals surface area contributed by atoms with Gasteiger partial charge in [-0.2, -0.15) is 26.3 Å². The van der Waals surface area contributed by atoms with Gasteiger partial charge in [-0.25, -0.2) is 0 Å². The van der Waals surface area contributed by atoms with Crippen LogP contribution in [0.25, 0.3) is 0 Å². The molecule has 2 aromatic rings. The molecule has 0 aliphatic heterocycles. The summed E-state index contributed by atoms with van der Waals surface area (Å²) < 4.78 is 77.2. The monoisotopic (exact) mass is 391 g/mol. The van der Waals surface area contributed by atoms with Crippen LogP contribution in [-0.4, -0.2) is 17.1 Å². The first-order valence-electron chi connectivity index (χ1n) is 7.75. The lowest BCUT2D eigenvalue weighted by molar-refractivity contribution is -0.143. The molecule has 0 saturated heterocycles. The number of aliphatic carboxylic acids is 1. The van der Waals surface area contributed by atoms with Gasteiger partial charge in [-0.3, -0.25) is 4.79 Å². The van der Waals surface area contributed by atoms with Gasteiger partial charge in [0.15, 0.2) is 0 Å². The summed E-state index contributed by atoms with van der Waals surface area (Å²) in [5.74, 6) is -1.26. The molecule has 27 heavy (non-hydrogen) atoms. The Morgan fingerprint density at radius 1 is 0.889 bits per heavy atom. The van der Waals surface area contributed by atoms with Crippen molar-refractivity contribution in [2.24, 2.45) is 0 Å². The molecule has 0 radical (unpaired) electrons. The summed E-state index contributed by atoms with van der Waals surface area (Å²) in [6, 6.07) is 8.46. The molecule has 3 nitrogen and oxygen atoms in total. The number of alkyl halides is 6. The summed E-state index contributed by atoms with van der Waals surface area (Å²) >= 11 is 0. The molecule has 2 N–H and O–H groups in total. The quantitative estimate of drug-likeness (QED) is 0.713. The van der Waals surface area contributed by atoms with Crippen molar-refractivity contribution in [2.45, 2.75) is 31.4 Å². The third-order valence-electron chi connectivity index (χ3n) is 3.78. The van der Waals surface area contributed by atoms with E-state index < -0.39 is 42.0 Å². The Morgan fingerprint density at radius 2 is 1.41 bits per heavy atom. The Hall–Kier alpha value is -2.55. The Kier molecular flexibility index (Phi) is 6.15. The predicted molar refractivity (Wildman–Crippen MR) is 84.9 cm³/mol. The smallest absolute Gasteiger partial charge is 0.416 e. The minimum atomic E-state index is -4.95. The maximum Gasteiger partial charge on any atom is 0.416 e. The van der Waals surface area contributed by atoms with Gasteiger partial charge < -0.3 is 10.4 Å². The van der Waals surface area contributed by atoms with Crippen molar-refractivity contribution in [1.29, 1.82) is 0 Å². The van der Waals surface area contributed by atoms with E-state index >= 15 is 0 Å². The van der Waals surface area contributed by atoms with Gasteiger partial charge in [-0.05, 0) is 35.7 Å². The standard InChI is InChI=1S/C18H15F6NO2/c19-17(20,21)13-6-12(7-14(9-13)18(22,23)24)10-25-15(16(26)27)8-11-4-2-1-3-5-11/h1-7,9,15,25H,8,10H2,(H,26,27)/t15-/m1/s1. The summed E-state index contributed by atoms with van der Waals surface area (Å²) in [5.41, 5.74) is -2.53. The van der Waals surface area contributed by atoms with E-state index in [2.05, 4.69) is 5.32 Å². The Bertz CT molecular complexity index is 754. The van der Waals surface area contributed by atoms with E-state index in [9.17, 15) is 36.2 Å². The third-order valence-corrected chi connectivity index (χ3v) is 3.78. The minimum Gasteiger partial charge on any atom is -0.480 e. The minimum absolute atomic E-state index is 0.0290. The van der Waals surface area contributed by atoms with E-state index in [1.807, 2.05) is 0 Å². The van der Waals surface area contributed by atoms with Crippen LogP contribution in [0.4, 0.5) is 26.3 Å². The van der Waals surface area contributed by atoms with Crippen molar-refractivity contribution in [3.63, 3.8) is 0 Å². The second kappa shape index (κ2) is 7.99. The number of hydrogen-bond acceptors (Lipinski definition) is 2. The Labute approximate surface area is 150 Å². The zero-order valence-electron chi connectivity index (χ0n) is 13.7. The maximum absolute atomic E-state index is 12.9. The number of carboxylic acids is 1. The van der Waals surface area contributed by atoms with E-state index in [0.717, 1.165) is 0 Å². The number of nitrogens with one attached hydrogen (secondary N) is 1. The molecule has 0 fully saturated rings. The van der Waals surface area contributed by atoms with Crippen LogP contribution in [0.2, 0.25) is 0 Å². The van der Waals surface area contributed by atoms with Crippen LogP contribution in [0.3, 0.4) is 0 Å². The molecule has 2 rings (SSSR count). The summed E-state index contributed by atoms with van der Waals surface area (Å²) in [7, 11) is 0. The van der Waals surface area contributed by atoms with E-state index in [4.69, 9.17) is 0 Å². The van der Waals surface area contributed by atoms with Crippen LogP contribution in [0.5, 0.6) is 0 Å². The number of hydrogen-bond donors (Lipinski definition) is 2. The fraction of sp³-hybridized carbons (Fsp3) is 0.278. The Balaban J connectivity index is 2.23. The average Bonchev–Trinajstić information content (AvgIpc) is 2.57. The lowest BCUT2D eigenvalue weighted by atomic mass is 10.0. The molecule has 0 saturated carbocycles. The topological polar surface area (TPSA) is 49.3 Å². The fourth-order valence-corrected chi connectivity index (χ4v) is 2.46. The van der Waals surface area contributed by atoms with Gasteiger partial charge in [0.2, 0.25) is 0 Å². The second-order valence-corrected chi connectivity index (χ2v) is 5.88. The van der Waals surface area contributed by atoms with Crippen molar-refractivity contribution in [1.82, 2.24) is 5.32 Å². The van der Waals surface area contributed by atoms with Crippen LogP contribution in [0.1, 0.15) is 22.3 Å². The van der Waals surface area contributed by atoms with Crippen LogP contribution < -0.4 is 5.32 Å². The van der Waals surface area contributed by atoms with E-state index in [1.54, 1.807) is 30.3 Å². The molecule has 9 heteroatoms. The van der Waals surface area contributed by atoms with E-state index in [1.165, 1.54) is 0 Å². The van der Waals surface area contributed by atoms with Crippen molar-refractivity contribution < 1.29 is 36.2 Å². The van der Waals surface area contributed by atoms with Crippen molar-refractivity contribution in [2.75, 3.05) is 0 Å². The highest BCUT2D eigenvalue weighted by Crippen LogP contribution is 2.36. The molecule has 146 valence electrons. The van der Waals surface area contributed by atoms with E-state index in [0.29, 0.717) is 17.7 Å². The zero-order valence-corrected chi connectivity index (χ0v) is 13.7. The number of rotatable bonds is 6. The molecule has 0 aliphatic rings. The lowest BCUT2D eigenvalue weighted by Gasteiger charge is -2.17. The zero-order chi connectivity index (χ0) is 20.2. The third kappa shape index (κ3) is 5.99. The van der Waals surface area contributed by atoms with Gasteiger partial charge in [0.05, 0.1) is 11.1 Å². The number of benzene rings is 2. The van der Waals surface area contributed by atoms with Crippen molar-refractivity contribution >= 4 is 5.97 Å². The molecule has 0 unspecified atom stereocenters. The molecule has 0 heterocycles. The maximum atomic E-state index is 12.9. The van der Waals surface area contributed by atoms with Gasteiger partial charge >= 0.3 is 18.3 Å². The SMILES string of the molecule is O=C(O)[C@@H](Cc1ccccc1)NCc1cc(C(F)(F)F)cc(C(F)(F)F)c1. The normalized spacial score (nSPS) is 13.4. The molecule has 0 aromatic heterocycles. The van der Waals surface area contributed by atoms with Gasteiger partial charge in [0.25, 0.3) is 0 Å². The molecule has 1 atom stereocenters. The molecule has 0 spiro atoms. The molecular weight excluding hydrogens is 376 g/mol. The summed E-state index contributed by atoms with van der Waals surface area (Å²) in [5, 5.41) is 11.8. The van der Waals surface area contributed by atoms with Crippen LogP contribution >= 0.6 is 0 Å². The predicted octanol–water partition coefficient (Wildman–Crippen LogP) is 4.51. The second-order valence-electron chi connectivity index (χ2n) is 5.88. The van der Waals surface area contributed by atoms with Crippen LogP contribution in [0.15, 0.2) is 48.5 Å². The molecule has 0 amide bonds. The fourth-order valence-electron chi connectivity index (χ4n) is 2.46. The first kappa shape index (κ1) is 20.8. The van der Waals surface area contributed by atoms with Gasteiger partial charge in [-0.15, -0.1) is 0 Å². The molecular formula is C18H15F6NO2. The lowest BCUT2D eigenvalue weighted by Crippen LogP contribution is -2.38. The van der Waals surface area contributed by atoms with Crippen LogP contribution in [-0.2, 0) is 30.1 Å². The molecule has 0 bridgehead atoms. The highest BCUT2D eigenvalue weighted by Gasteiger charge is 2.36. The Morgan fingerprint density at radius 3 is 1.85 bits per heavy atom. The number of carbonyl (C=O) groups is 1. The highest BCUT2D eigenvalue weighted by atomic mass is 19.4. The molecule has 0 aliphatic carbocycles. The highest BCUT2D eigenvalue weighted by molar-refractivity contribution is 5.73. The number of halogens is 6. The van der Waals surface area contributed by atoms with Gasteiger partial charge in [-0.1, -0.05) is 30.3 Å². The van der Waals surface area contributed by atoms with Crippen molar-refractivity contribution in [3.05, 3.63) is 70.8 Å². The largest absolute Gasteiger partial charge is 0.480 e.